The van der Waals surface area contributed by atoms with Gasteiger partial charge in [-0.25, -0.2) is 5.01 Å². The van der Waals surface area contributed by atoms with Crippen molar-refractivity contribution in [3.8, 4) is 0 Å². The average Bonchev–Trinajstić information content (AvgIpc) is 2.15. The van der Waals surface area contributed by atoms with Gasteiger partial charge in [-0.05, 0) is 29.5 Å². The average molecular weight is 234 g/mol. The summed E-state index contributed by atoms with van der Waals surface area (Å²) >= 11 is 0. The van der Waals surface area contributed by atoms with Crippen molar-refractivity contribution in [2.75, 3.05) is 14.1 Å². The Morgan fingerprint density at radius 1 is 1.24 bits per heavy atom. The lowest BCUT2D eigenvalue weighted by molar-refractivity contribution is 0.0856. The van der Waals surface area contributed by atoms with Crippen molar-refractivity contribution in [3.63, 3.8) is 0 Å². The van der Waals surface area contributed by atoms with E-state index in [-0.39, 0.29) is 11.3 Å². The van der Waals surface area contributed by atoms with Crippen LogP contribution in [0.1, 0.15) is 42.3 Å². The van der Waals surface area contributed by atoms with E-state index in [4.69, 9.17) is 0 Å². The Labute approximate surface area is 104 Å². The molecule has 0 aliphatic heterocycles. The Balaban J connectivity index is 3.11. The third kappa shape index (κ3) is 3.56. The molecule has 0 aromatic heterocycles. The van der Waals surface area contributed by atoms with Gasteiger partial charge in [-0.3, -0.25) is 10.2 Å². The second kappa shape index (κ2) is 4.88. The van der Waals surface area contributed by atoms with E-state index in [0.717, 1.165) is 11.1 Å². The first-order valence-corrected chi connectivity index (χ1v) is 5.81. The maximum absolute atomic E-state index is 12.0. The van der Waals surface area contributed by atoms with Crippen molar-refractivity contribution in [3.05, 3.63) is 34.9 Å². The second-order valence-corrected chi connectivity index (χ2v) is 5.62. The third-order valence-electron chi connectivity index (χ3n) is 2.67. The summed E-state index contributed by atoms with van der Waals surface area (Å²) in [5.41, 5.74) is 5.74. The van der Waals surface area contributed by atoms with E-state index in [9.17, 15) is 4.79 Å². The molecule has 1 N–H and O–H groups in total. The number of nitrogens with one attached hydrogen (secondary N) is 1. The van der Waals surface area contributed by atoms with Crippen LogP contribution < -0.4 is 5.43 Å². The molecule has 0 saturated carbocycles. The molecule has 0 heterocycles. The Kier molecular flexibility index (Phi) is 3.94. The molecule has 0 atom stereocenters. The highest BCUT2D eigenvalue weighted by atomic mass is 16.2. The lowest BCUT2D eigenvalue weighted by Gasteiger charge is -2.21. The van der Waals surface area contributed by atoms with E-state index in [0.29, 0.717) is 0 Å². The van der Waals surface area contributed by atoms with Crippen LogP contribution in [0.3, 0.4) is 0 Å². The molecule has 0 aliphatic rings. The highest BCUT2D eigenvalue weighted by molar-refractivity contribution is 5.95. The van der Waals surface area contributed by atoms with Gasteiger partial charge in [-0.2, -0.15) is 0 Å². The van der Waals surface area contributed by atoms with Crippen molar-refractivity contribution in [2.24, 2.45) is 0 Å². The number of hydrazine groups is 1. The molecule has 0 fully saturated rings. The molecule has 94 valence electrons. The molecule has 3 nitrogen and oxygen atoms in total. The quantitative estimate of drug-likeness (QED) is 0.797. The predicted molar refractivity (Wildman–Crippen MR) is 71.0 cm³/mol. The molecule has 0 bridgehead atoms. The summed E-state index contributed by atoms with van der Waals surface area (Å²) in [5.74, 6) is -0.0569. The van der Waals surface area contributed by atoms with Crippen molar-refractivity contribution in [1.82, 2.24) is 10.4 Å². The third-order valence-corrected chi connectivity index (χ3v) is 2.67. The molecule has 0 radical (unpaired) electrons. The van der Waals surface area contributed by atoms with Gasteiger partial charge in [-0.15, -0.1) is 0 Å². The highest BCUT2D eigenvalue weighted by Crippen LogP contribution is 2.24. The van der Waals surface area contributed by atoms with Crippen LogP contribution in [0.25, 0.3) is 0 Å². The Bertz CT molecular complexity index is 417. The summed E-state index contributed by atoms with van der Waals surface area (Å²) < 4.78 is 0. The number of carbonyl (C=O) groups is 1. The molecule has 17 heavy (non-hydrogen) atoms. The van der Waals surface area contributed by atoms with Gasteiger partial charge in [0.1, 0.15) is 0 Å². The van der Waals surface area contributed by atoms with E-state index in [1.54, 1.807) is 19.1 Å². The van der Waals surface area contributed by atoms with Gasteiger partial charge >= 0.3 is 0 Å². The number of benzene rings is 1. The van der Waals surface area contributed by atoms with Crippen molar-refractivity contribution >= 4 is 5.91 Å². The fraction of sp³-hybridized carbons (Fsp3) is 0.500. The fourth-order valence-electron chi connectivity index (χ4n) is 1.60. The summed E-state index contributed by atoms with van der Waals surface area (Å²) in [7, 11) is 3.61. The number of amides is 1. The minimum atomic E-state index is -0.0569. The highest BCUT2D eigenvalue weighted by Gasteiger charge is 2.17. The van der Waals surface area contributed by atoms with E-state index in [2.05, 4.69) is 32.3 Å². The molecule has 0 unspecified atom stereocenters. The number of hydrogen-bond donors (Lipinski definition) is 1. The van der Waals surface area contributed by atoms with E-state index in [1.807, 2.05) is 19.1 Å². The van der Waals surface area contributed by atoms with Gasteiger partial charge in [0, 0.05) is 19.7 Å². The largest absolute Gasteiger partial charge is 0.285 e. The second-order valence-electron chi connectivity index (χ2n) is 5.62. The SMILES string of the molecule is Cc1ccc(C(C)(C)C)cc1C(=O)NN(C)C. The molecule has 1 amide bonds. The monoisotopic (exact) mass is 234 g/mol. The number of nitrogens with zero attached hydrogens (tertiary/aromatic N) is 1. The van der Waals surface area contributed by atoms with Crippen LogP contribution in [0.15, 0.2) is 18.2 Å². The minimum Gasteiger partial charge on any atom is -0.285 e. The Hall–Kier alpha value is -1.35. The molecule has 3 heteroatoms. The molecule has 0 aliphatic carbocycles. The van der Waals surface area contributed by atoms with Gasteiger partial charge in [-0.1, -0.05) is 32.9 Å². The Morgan fingerprint density at radius 3 is 2.29 bits per heavy atom. The first kappa shape index (κ1) is 13.7. The summed E-state index contributed by atoms with van der Waals surface area (Å²) in [4.78, 5) is 12.0. The van der Waals surface area contributed by atoms with E-state index in [1.165, 1.54) is 5.56 Å². The molecule has 0 saturated heterocycles. The number of aryl methyl sites for hydroxylation is 1. The van der Waals surface area contributed by atoms with Crippen LogP contribution in [-0.2, 0) is 5.41 Å². The van der Waals surface area contributed by atoms with E-state index < -0.39 is 0 Å². The van der Waals surface area contributed by atoms with Crippen LogP contribution >= 0.6 is 0 Å². The smallest absolute Gasteiger partial charge is 0.265 e. The maximum atomic E-state index is 12.0. The molecule has 1 aromatic carbocycles. The standard InChI is InChI=1S/C14H22N2O/c1-10-7-8-11(14(2,3)4)9-12(10)13(17)15-16(5)6/h7-9H,1-6H3,(H,15,17). The molecular formula is C14H22N2O. The van der Waals surface area contributed by atoms with Gasteiger partial charge in [0.05, 0.1) is 0 Å². The summed E-state index contributed by atoms with van der Waals surface area (Å²) in [6, 6.07) is 6.07. The zero-order chi connectivity index (χ0) is 13.2. The number of carbonyl (C=O) groups excluding carboxylic acids is 1. The predicted octanol–water partition coefficient (Wildman–Crippen LogP) is 2.50. The van der Waals surface area contributed by atoms with Gasteiger partial charge in [0.15, 0.2) is 0 Å². The van der Waals surface area contributed by atoms with Gasteiger partial charge in [0.2, 0.25) is 0 Å². The molecule has 1 rings (SSSR count). The van der Waals surface area contributed by atoms with Crippen LogP contribution in [0, 0.1) is 6.92 Å². The normalized spacial score (nSPS) is 11.7. The first-order chi connectivity index (χ1) is 7.71. The van der Waals surface area contributed by atoms with Crippen LogP contribution in [0.5, 0.6) is 0 Å². The molecular weight excluding hydrogens is 212 g/mol. The number of hydrogen-bond acceptors (Lipinski definition) is 2. The van der Waals surface area contributed by atoms with Gasteiger partial charge < -0.3 is 0 Å². The zero-order valence-electron chi connectivity index (χ0n) is 11.6. The summed E-state index contributed by atoms with van der Waals surface area (Å²) in [6.07, 6.45) is 0. The number of rotatable bonds is 2. The topological polar surface area (TPSA) is 32.3 Å². The van der Waals surface area contributed by atoms with Crippen molar-refractivity contribution < 1.29 is 4.79 Å². The Morgan fingerprint density at radius 2 is 1.82 bits per heavy atom. The maximum Gasteiger partial charge on any atom is 0.265 e. The first-order valence-electron chi connectivity index (χ1n) is 5.81. The minimum absolute atomic E-state index is 0.0564. The lowest BCUT2D eigenvalue weighted by Crippen LogP contribution is -2.36. The molecule has 1 aromatic rings. The van der Waals surface area contributed by atoms with Crippen LogP contribution in [0.2, 0.25) is 0 Å². The van der Waals surface area contributed by atoms with Crippen LogP contribution in [0.4, 0.5) is 0 Å². The van der Waals surface area contributed by atoms with Crippen LogP contribution in [-0.4, -0.2) is 25.0 Å². The lowest BCUT2D eigenvalue weighted by atomic mass is 9.85. The van der Waals surface area contributed by atoms with Gasteiger partial charge in [0.25, 0.3) is 5.91 Å². The molecule has 0 spiro atoms. The summed E-state index contributed by atoms with van der Waals surface area (Å²) in [6.45, 7) is 8.39. The van der Waals surface area contributed by atoms with Crippen molar-refractivity contribution in [1.29, 1.82) is 0 Å². The van der Waals surface area contributed by atoms with Crippen molar-refractivity contribution in [2.45, 2.75) is 33.1 Å². The zero-order valence-corrected chi connectivity index (χ0v) is 11.6. The fourth-order valence-corrected chi connectivity index (χ4v) is 1.60. The van der Waals surface area contributed by atoms with E-state index >= 15 is 0 Å². The summed E-state index contributed by atoms with van der Waals surface area (Å²) in [5, 5.41) is 1.66.